The van der Waals surface area contributed by atoms with Gasteiger partial charge in [-0.1, -0.05) is 18.2 Å². The molecule has 1 atom stereocenters. The van der Waals surface area contributed by atoms with Crippen molar-refractivity contribution in [1.29, 1.82) is 0 Å². The average molecular weight is 358 g/mol. The van der Waals surface area contributed by atoms with Crippen LogP contribution in [0.1, 0.15) is 38.0 Å². The molecule has 0 saturated carbocycles. The summed E-state index contributed by atoms with van der Waals surface area (Å²) in [7, 11) is 2.92. The molecule has 0 fully saturated rings. The fraction of sp³-hybridized carbons (Fsp3) is 0.381. The summed E-state index contributed by atoms with van der Waals surface area (Å²) in [5, 5.41) is 10.6. The van der Waals surface area contributed by atoms with Crippen LogP contribution in [0.3, 0.4) is 0 Å². The zero-order valence-electron chi connectivity index (χ0n) is 16.1. The molecule has 0 amide bonds. The van der Waals surface area contributed by atoms with Crippen LogP contribution in [-0.4, -0.2) is 30.9 Å². The third-order valence-corrected chi connectivity index (χ3v) is 3.97. The lowest BCUT2D eigenvalue weighted by atomic mass is 9.91. The molecular weight excluding hydrogens is 332 g/mol. The van der Waals surface area contributed by atoms with Crippen molar-refractivity contribution in [3.63, 3.8) is 0 Å². The quantitative estimate of drug-likeness (QED) is 0.802. The Kier molecular flexibility index (Phi) is 5.93. The van der Waals surface area contributed by atoms with E-state index in [9.17, 15) is 9.90 Å². The van der Waals surface area contributed by atoms with Crippen molar-refractivity contribution in [2.75, 3.05) is 14.2 Å². The SMILES string of the molecule is COC(=O)C(OC(C)(C)C)c1c(C)ccc(O)c1-c1ccc(OC)cc1. The highest BCUT2D eigenvalue weighted by Crippen LogP contribution is 2.41. The van der Waals surface area contributed by atoms with Gasteiger partial charge in [-0.05, 0) is 57.0 Å². The minimum atomic E-state index is -0.954. The summed E-state index contributed by atoms with van der Waals surface area (Å²) in [6.45, 7) is 7.49. The minimum absolute atomic E-state index is 0.0715. The number of hydrogen-bond acceptors (Lipinski definition) is 5. The Hall–Kier alpha value is -2.53. The molecule has 1 unspecified atom stereocenters. The summed E-state index contributed by atoms with van der Waals surface area (Å²) < 4.78 is 16.2. The summed E-state index contributed by atoms with van der Waals surface area (Å²) in [5.41, 5.74) is 2.15. The number of carbonyl (C=O) groups excluding carboxylic acids is 1. The van der Waals surface area contributed by atoms with Crippen LogP contribution in [0, 0.1) is 6.92 Å². The number of phenolic OH excluding ortho intramolecular Hbond substituents is 1. The van der Waals surface area contributed by atoms with Gasteiger partial charge in [0.25, 0.3) is 0 Å². The number of ether oxygens (including phenoxy) is 3. The van der Waals surface area contributed by atoms with E-state index in [1.807, 2.05) is 39.8 Å². The first-order valence-electron chi connectivity index (χ1n) is 8.40. The van der Waals surface area contributed by atoms with Crippen LogP contribution in [0.2, 0.25) is 0 Å². The predicted octanol–water partition coefficient (Wildman–Crippen LogP) is 4.41. The van der Waals surface area contributed by atoms with E-state index >= 15 is 0 Å². The number of rotatable bonds is 5. The van der Waals surface area contributed by atoms with E-state index in [4.69, 9.17) is 14.2 Å². The van der Waals surface area contributed by atoms with Crippen LogP contribution >= 0.6 is 0 Å². The molecule has 0 spiro atoms. The van der Waals surface area contributed by atoms with E-state index < -0.39 is 17.7 Å². The largest absolute Gasteiger partial charge is 0.507 e. The number of hydrogen-bond donors (Lipinski definition) is 1. The topological polar surface area (TPSA) is 65.0 Å². The summed E-state index contributed by atoms with van der Waals surface area (Å²) in [6, 6.07) is 10.7. The highest BCUT2D eigenvalue weighted by Gasteiger charge is 2.32. The van der Waals surface area contributed by atoms with Crippen LogP contribution in [-0.2, 0) is 14.3 Å². The fourth-order valence-corrected chi connectivity index (χ4v) is 2.80. The smallest absolute Gasteiger partial charge is 0.339 e. The lowest BCUT2D eigenvalue weighted by Gasteiger charge is -2.29. The maximum Gasteiger partial charge on any atom is 0.339 e. The van der Waals surface area contributed by atoms with Crippen LogP contribution in [0.25, 0.3) is 11.1 Å². The molecule has 0 aliphatic rings. The fourth-order valence-electron chi connectivity index (χ4n) is 2.80. The number of phenols is 1. The second-order valence-electron chi connectivity index (χ2n) is 7.05. The molecule has 140 valence electrons. The van der Waals surface area contributed by atoms with Gasteiger partial charge < -0.3 is 19.3 Å². The molecule has 5 nitrogen and oxygen atoms in total. The monoisotopic (exact) mass is 358 g/mol. The predicted molar refractivity (Wildman–Crippen MR) is 100 cm³/mol. The molecule has 2 aromatic carbocycles. The highest BCUT2D eigenvalue weighted by molar-refractivity contribution is 5.84. The van der Waals surface area contributed by atoms with Crippen LogP contribution in [0.5, 0.6) is 11.5 Å². The summed E-state index contributed by atoms with van der Waals surface area (Å²) >= 11 is 0. The Morgan fingerprint density at radius 1 is 1.04 bits per heavy atom. The second kappa shape index (κ2) is 7.79. The maximum atomic E-state index is 12.5. The van der Waals surface area contributed by atoms with E-state index in [0.29, 0.717) is 16.9 Å². The van der Waals surface area contributed by atoms with Gasteiger partial charge in [-0.2, -0.15) is 0 Å². The van der Waals surface area contributed by atoms with Crippen molar-refractivity contribution in [3.05, 3.63) is 47.5 Å². The number of aryl methyl sites for hydroxylation is 1. The second-order valence-corrected chi connectivity index (χ2v) is 7.05. The normalized spacial score (nSPS) is 12.5. The molecule has 5 heteroatoms. The van der Waals surface area contributed by atoms with E-state index in [1.54, 1.807) is 31.4 Å². The van der Waals surface area contributed by atoms with Gasteiger partial charge in [0.05, 0.1) is 19.8 Å². The summed E-state index contributed by atoms with van der Waals surface area (Å²) in [6.07, 6.45) is -0.954. The van der Waals surface area contributed by atoms with E-state index in [2.05, 4.69) is 0 Å². The Bertz CT molecular complexity index is 772. The molecule has 1 N–H and O–H groups in total. The molecule has 0 aliphatic heterocycles. The van der Waals surface area contributed by atoms with E-state index in [0.717, 1.165) is 11.1 Å². The van der Waals surface area contributed by atoms with Crippen molar-refractivity contribution >= 4 is 5.97 Å². The van der Waals surface area contributed by atoms with Crippen molar-refractivity contribution in [3.8, 4) is 22.6 Å². The van der Waals surface area contributed by atoms with Crippen LogP contribution < -0.4 is 4.74 Å². The standard InChI is InChI=1S/C21H26O5/c1-13-7-12-16(22)18(14-8-10-15(24-5)11-9-14)17(13)19(20(23)25-6)26-21(2,3)4/h7-12,19,22H,1-6H3. The molecule has 0 saturated heterocycles. The summed E-state index contributed by atoms with van der Waals surface area (Å²) in [4.78, 5) is 12.5. The zero-order chi connectivity index (χ0) is 19.5. The molecule has 0 aromatic heterocycles. The summed E-state index contributed by atoms with van der Waals surface area (Å²) in [5.74, 6) is 0.267. The molecule has 2 aromatic rings. The first kappa shape index (κ1) is 19.8. The average Bonchev–Trinajstić information content (AvgIpc) is 2.60. The number of carbonyl (C=O) groups is 1. The Balaban J connectivity index is 2.68. The molecule has 0 radical (unpaired) electrons. The third-order valence-electron chi connectivity index (χ3n) is 3.97. The Labute approximate surface area is 154 Å². The Morgan fingerprint density at radius 2 is 1.65 bits per heavy atom. The zero-order valence-corrected chi connectivity index (χ0v) is 16.1. The molecule has 0 heterocycles. The van der Waals surface area contributed by atoms with E-state index in [1.165, 1.54) is 7.11 Å². The van der Waals surface area contributed by atoms with Gasteiger partial charge >= 0.3 is 5.97 Å². The molecule has 0 bridgehead atoms. The number of methoxy groups -OCH3 is 2. The molecule has 0 aliphatic carbocycles. The lowest BCUT2D eigenvalue weighted by Crippen LogP contribution is -2.29. The van der Waals surface area contributed by atoms with Crippen LogP contribution in [0.4, 0.5) is 0 Å². The van der Waals surface area contributed by atoms with E-state index in [-0.39, 0.29) is 5.75 Å². The lowest BCUT2D eigenvalue weighted by molar-refractivity contribution is -0.164. The molecular formula is C21H26O5. The van der Waals surface area contributed by atoms with Gasteiger partial charge in [-0.3, -0.25) is 0 Å². The van der Waals surface area contributed by atoms with Crippen molar-refractivity contribution in [2.45, 2.75) is 39.4 Å². The first-order valence-corrected chi connectivity index (χ1v) is 8.40. The van der Waals surface area contributed by atoms with Crippen molar-refractivity contribution in [1.82, 2.24) is 0 Å². The first-order chi connectivity index (χ1) is 12.2. The number of aromatic hydroxyl groups is 1. The van der Waals surface area contributed by atoms with Gasteiger partial charge in [0.1, 0.15) is 11.5 Å². The Morgan fingerprint density at radius 3 is 2.15 bits per heavy atom. The van der Waals surface area contributed by atoms with Crippen LogP contribution in [0.15, 0.2) is 36.4 Å². The minimum Gasteiger partial charge on any atom is -0.507 e. The highest BCUT2D eigenvalue weighted by atomic mass is 16.6. The molecule has 2 rings (SSSR count). The number of benzene rings is 2. The van der Waals surface area contributed by atoms with Gasteiger partial charge in [0.15, 0.2) is 6.10 Å². The number of esters is 1. The third kappa shape index (κ3) is 4.35. The van der Waals surface area contributed by atoms with Gasteiger partial charge in [-0.25, -0.2) is 4.79 Å². The van der Waals surface area contributed by atoms with Crippen molar-refractivity contribution < 1.29 is 24.1 Å². The van der Waals surface area contributed by atoms with Gasteiger partial charge in [0, 0.05) is 11.1 Å². The van der Waals surface area contributed by atoms with Gasteiger partial charge in [0.2, 0.25) is 0 Å². The van der Waals surface area contributed by atoms with Crippen molar-refractivity contribution in [2.24, 2.45) is 0 Å². The van der Waals surface area contributed by atoms with Gasteiger partial charge in [-0.15, -0.1) is 0 Å². The molecule has 26 heavy (non-hydrogen) atoms. The maximum absolute atomic E-state index is 12.5.